The summed E-state index contributed by atoms with van der Waals surface area (Å²) in [6.45, 7) is 0.825. The van der Waals surface area contributed by atoms with Crippen molar-refractivity contribution >= 4 is 12.0 Å². The Hall–Kier alpha value is -2.04. The van der Waals surface area contributed by atoms with E-state index in [2.05, 4.69) is 17.4 Å². The Labute approximate surface area is 125 Å². The Morgan fingerprint density at radius 3 is 2.57 bits per heavy atom. The second kappa shape index (κ2) is 7.11. The lowest BCUT2D eigenvalue weighted by Gasteiger charge is -2.21. The van der Waals surface area contributed by atoms with Crippen LogP contribution in [0.15, 0.2) is 30.3 Å². The van der Waals surface area contributed by atoms with Crippen molar-refractivity contribution in [1.82, 2.24) is 10.2 Å². The smallest absolute Gasteiger partial charge is 0.317 e. The van der Waals surface area contributed by atoms with Crippen molar-refractivity contribution in [2.45, 2.75) is 25.2 Å². The van der Waals surface area contributed by atoms with Gasteiger partial charge in [0.25, 0.3) is 0 Å². The van der Waals surface area contributed by atoms with Gasteiger partial charge in [0.2, 0.25) is 0 Å². The van der Waals surface area contributed by atoms with Gasteiger partial charge in [0, 0.05) is 26.1 Å². The first-order valence-electron chi connectivity index (χ1n) is 7.33. The molecular weight excluding hydrogens is 268 g/mol. The fourth-order valence-electron chi connectivity index (χ4n) is 2.45. The second-order valence-corrected chi connectivity index (χ2v) is 5.61. The first-order valence-corrected chi connectivity index (χ1v) is 7.33. The van der Waals surface area contributed by atoms with Crippen LogP contribution in [-0.4, -0.2) is 42.1 Å². The van der Waals surface area contributed by atoms with Crippen molar-refractivity contribution in [3.8, 4) is 0 Å². The molecule has 1 aliphatic carbocycles. The molecule has 1 aliphatic rings. The molecule has 2 N–H and O–H groups in total. The zero-order chi connectivity index (χ0) is 15.2. The number of nitrogens with one attached hydrogen (secondary N) is 1. The van der Waals surface area contributed by atoms with Crippen LogP contribution in [0.25, 0.3) is 0 Å². The van der Waals surface area contributed by atoms with Gasteiger partial charge in [-0.3, -0.25) is 4.79 Å². The molecule has 114 valence electrons. The molecule has 1 aromatic carbocycles. The van der Waals surface area contributed by atoms with E-state index < -0.39 is 5.97 Å². The summed E-state index contributed by atoms with van der Waals surface area (Å²) >= 11 is 0. The SMILES string of the molecule is CN(CCC(=O)O)C(=O)NCC(c1ccccc1)C1CC1. The van der Waals surface area contributed by atoms with Crippen LogP contribution in [0.1, 0.15) is 30.7 Å². The molecule has 0 aliphatic heterocycles. The summed E-state index contributed by atoms with van der Waals surface area (Å²) in [4.78, 5) is 23.9. The van der Waals surface area contributed by atoms with Crippen LogP contribution in [0.5, 0.6) is 0 Å². The molecule has 0 bridgehead atoms. The number of nitrogens with zero attached hydrogens (tertiary/aromatic N) is 1. The van der Waals surface area contributed by atoms with Crippen molar-refractivity contribution in [3.63, 3.8) is 0 Å². The summed E-state index contributed by atoms with van der Waals surface area (Å²) in [5, 5.41) is 11.6. The van der Waals surface area contributed by atoms with Gasteiger partial charge >= 0.3 is 12.0 Å². The lowest BCUT2D eigenvalue weighted by atomic mass is 9.94. The summed E-state index contributed by atoms with van der Waals surface area (Å²) in [5.74, 6) is 0.106. The molecule has 21 heavy (non-hydrogen) atoms. The molecule has 1 aromatic rings. The summed E-state index contributed by atoms with van der Waals surface area (Å²) in [7, 11) is 1.62. The third-order valence-corrected chi connectivity index (χ3v) is 3.90. The molecule has 5 heteroatoms. The molecule has 2 rings (SSSR count). The molecule has 1 unspecified atom stereocenters. The minimum Gasteiger partial charge on any atom is -0.481 e. The van der Waals surface area contributed by atoms with Crippen LogP contribution in [0.3, 0.4) is 0 Å². The minimum absolute atomic E-state index is 0.0331. The van der Waals surface area contributed by atoms with Gasteiger partial charge in [-0.15, -0.1) is 0 Å². The maximum Gasteiger partial charge on any atom is 0.317 e. The van der Waals surface area contributed by atoms with Crippen molar-refractivity contribution in [1.29, 1.82) is 0 Å². The summed E-state index contributed by atoms with van der Waals surface area (Å²) in [5.41, 5.74) is 1.26. The molecule has 1 saturated carbocycles. The summed E-state index contributed by atoms with van der Waals surface area (Å²) in [6, 6.07) is 10.0. The second-order valence-electron chi connectivity index (χ2n) is 5.61. The lowest BCUT2D eigenvalue weighted by Crippen LogP contribution is -2.40. The van der Waals surface area contributed by atoms with Gasteiger partial charge in [0.05, 0.1) is 6.42 Å². The Kier molecular flexibility index (Phi) is 5.20. The van der Waals surface area contributed by atoms with Crippen molar-refractivity contribution in [2.75, 3.05) is 20.1 Å². The lowest BCUT2D eigenvalue weighted by molar-refractivity contribution is -0.137. The Morgan fingerprint density at radius 2 is 2.00 bits per heavy atom. The molecule has 0 aromatic heterocycles. The molecular formula is C16H22N2O3. The van der Waals surface area contributed by atoms with E-state index in [0.29, 0.717) is 18.4 Å². The van der Waals surface area contributed by atoms with E-state index in [9.17, 15) is 9.59 Å². The zero-order valence-electron chi connectivity index (χ0n) is 12.3. The quantitative estimate of drug-likeness (QED) is 0.809. The number of carboxylic acids is 1. The number of hydrogen-bond donors (Lipinski definition) is 2. The molecule has 0 heterocycles. The number of rotatable bonds is 7. The predicted octanol–water partition coefficient (Wildman–Crippen LogP) is 2.30. The van der Waals surface area contributed by atoms with Gasteiger partial charge < -0.3 is 15.3 Å². The van der Waals surface area contributed by atoms with E-state index in [4.69, 9.17) is 5.11 Å². The fraction of sp³-hybridized carbons (Fsp3) is 0.500. The highest BCUT2D eigenvalue weighted by molar-refractivity contribution is 5.75. The fourth-order valence-corrected chi connectivity index (χ4v) is 2.45. The molecule has 2 amide bonds. The first kappa shape index (κ1) is 15.4. The summed E-state index contributed by atoms with van der Waals surface area (Å²) in [6.07, 6.45) is 2.39. The van der Waals surface area contributed by atoms with Crippen LogP contribution in [0.2, 0.25) is 0 Å². The highest BCUT2D eigenvalue weighted by atomic mass is 16.4. The third kappa shape index (κ3) is 4.77. The van der Waals surface area contributed by atoms with Crippen LogP contribution in [-0.2, 0) is 4.79 Å². The number of urea groups is 1. The standard InChI is InChI=1S/C16H22N2O3/c1-18(10-9-15(19)20)16(21)17-11-14(13-7-8-13)12-5-3-2-4-6-12/h2-6,13-14H,7-11H2,1H3,(H,17,21)(H,19,20). The first-order chi connectivity index (χ1) is 10.1. The average Bonchev–Trinajstić information content (AvgIpc) is 3.30. The van der Waals surface area contributed by atoms with Gasteiger partial charge in [-0.1, -0.05) is 30.3 Å². The zero-order valence-corrected chi connectivity index (χ0v) is 12.3. The highest BCUT2D eigenvalue weighted by Gasteiger charge is 2.32. The molecule has 5 nitrogen and oxygen atoms in total. The van der Waals surface area contributed by atoms with E-state index in [1.54, 1.807) is 7.05 Å². The van der Waals surface area contributed by atoms with Gasteiger partial charge in [-0.2, -0.15) is 0 Å². The van der Waals surface area contributed by atoms with Crippen LogP contribution < -0.4 is 5.32 Å². The molecule has 0 radical (unpaired) electrons. The van der Waals surface area contributed by atoms with E-state index in [1.165, 1.54) is 23.3 Å². The third-order valence-electron chi connectivity index (χ3n) is 3.90. The van der Waals surface area contributed by atoms with Crippen LogP contribution in [0.4, 0.5) is 4.79 Å². The Balaban J connectivity index is 1.85. The van der Waals surface area contributed by atoms with Gasteiger partial charge in [0.1, 0.15) is 0 Å². The molecule has 1 atom stereocenters. The number of carboxylic acid groups (broad SMARTS) is 1. The maximum atomic E-state index is 12.0. The van der Waals surface area contributed by atoms with Gasteiger partial charge in [-0.05, 0) is 24.3 Å². The van der Waals surface area contributed by atoms with Gasteiger partial charge in [0.15, 0.2) is 0 Å². The highest BCUT2D eigenvalue weighted by Crippen LogP contribution is 2.42. The van der Waals surface area contributed by atoms with E-state index in [-0.39, 0.29) is 19.0 Å². The van der Waals surface area contributed by atoms with E-state index in [0.717, 1.165) is 0 Å². The molecule has 1 fully saturated rings. The number of aliphatic carboxylic acids is 1. The summed E-state index contributed by atoms with van der Waals surface area (Å²) < 4.78 is 0. The Bertz CT molecular complexity index is 486. The topological polar surface area (TPSA) is 69.6 Å². The number of amides is 2. The maximum absolute atomic E-state index is 12.0. The number of carbonyl (C=O) groups excluding carboxylic acids is 1. The molecule has 0 saturated heterocycles. The van der Waals surface area contributed by atoms with Crippen LogP contribution >= 0.6 is 0 Å². The van der Waals surface area contributed by atoms with E-state index >= 15 is 0 Å². The van der Waals surface area contributed by atoms with Crippen LogP contribution in [0, 0.1) is 5.92 Å². The number of hydrogen-bond acceptors (Lipinski definition) is 2. The normalized spacial score (nSPS) is 15.3. The Morgan fingerprint density at radius 1 is 1.33 bits per heavy atom. The largest absolute Gasteiger partial charge is 0.481 e. The van der Waals surface area contributed by atoms with Gasteiger partial charge in [-0.25, -0.2) is 4.79 Å². The predicted molar refractivity (Wildman–Crippen MR) is 80.2 cm³/mol. The van der Waals surface area contributed by atoms with E-state index in [1.807, 2.05) is 18.2 Å². The van der Waals surface area contributed by atoms with Crippen molar-refractivity contribution in [2.24, 2.45) is 5.92 Å². The minimum atomic E-state index is -0.894. The monoisotopic (exact) mass is 290 g/mol. The molecule has 0 spiro atoms. The average molecular weight is 290 g/mol. The number of benzene rings is 1. The van der Waals surface area contributed by atoms with Crippen molar-refractivity contribution < 1.29 is 14.7 Å². The number of carbonyl (C=O) groups is 2. The van der Waals surface area contributed by atoms with Crippen molar-refractivity contribution in [3.05, 3.63) is 35.9 Å².